The zero-order chi connectivity index (χ0) is 30.1. The van der Waals surface area contributed by atoms with E-state index in [1.165, 1.54) is 9.08 Å². The Morgan fingerprint density at radius 3 is 2.40 bits per heavy atom. The molecular formula is C32H28N6O4. The molecule has 0 unspecified atom stereocenters. The molecule has 1 amide bonds. The summed E-state index contributed by atoms with van der Waals surface area (Å²) in [7, 11) is 1.70. The molecule has 1 N–H and O–H groups in total. The number of carbonyl (C=O) groups excluding carboxylic acids is 1. The number of anilines is 1. The molecule has 0 fully saturated rings. The van der Waals surface area contributed by atoms with Crippen LogP contribution in [-0.4, -0.2) is 24.7 Å². The Kier molecular flexibility index (Phi) is 7.34. The lowest BCUT2D eigenvalue weighted by Gasteiger charge is -2.13. The minimum Gasteiger partial charge on any atom is -0.438 e. The molecule has 0 atom stereocenters. The number of nitrogens with zero attached hydrogens (tertiary/aromatic N) is 5. The van der Waals surface area contributed by atoms with Crippen LogP contribution in [0.25, 0.3) is 17.4 Å². The summed E-state index contributed by atoms with van der Waals surface area (Å²) in [4.78, 5) is 45.0. The summed E-state index contributed by atoms with van der Waals surface area (Å²) in [5, 5.41) is 12.6. The first kappa shape index (κ1) is 27.9. The van der Waals surface area contributed by atoms with E-state index in [0.717, 1.165) is 22.8 Å². The third kappa shape index (κ3) is 4.99. The van der Waals surface area contributed by atoms with Crippen LogP contribution >= 0.6 is 0 Å². The molecule has 10 nitrogen and oxygen atoms in total. The van der Waals surface area contributed by atoms with Gasteiger partial charge in [0.05, 0.1) is 11.4 Å². The summed E-state index contributed by atoms with van der Waals surface area (Å²) in [6, 6.07) is 19.9. The van der Waals surface area contributed by atoms with Gasteiger partial charge in [0.1, 0.15) is 34.3 Å². The molecule has 0 aliphatic carbocycles. The van der Waals surface area contributed by atoms with Gasteiger partial charge in [0, 0.05) is 13.2 Å². The van der Waals surface area contributed by atoms with Gasteiger partial charge in [-0.2, -0.15) is 10.2 Å². The van der Waals surface area contributed by atoms with E-state index in [9.17, 15) is 19.6 Å². The number of aryl methyl sites for hydroxylation is 3. The van der Waals surface area contributed by atoms with Gasteiger partial charge in [-0.05, 0) is 69.2 Å². The number of pyridine rings is 1. The fourth-order valence-corrected chi connectivity index (χ4v) is 4.70. The van der Waals surface area contributed by atoms with Crippen molar-refractivity contribution in [3.8, 4) is 23.4 Å². The van der Waals surface area contributed by atoms with Crippen molar-refractivity contribution in [2.24, 2.45) is 7.05 Å². The molecule has 0 saturated heterocycles. The first-order chi connectivity index (χ1) is 20.1. The third-order valence-corrected chi connectivity index (χ3v) is 7.03. The molecule has 42 heavy (non-hydrogen) atoms. The highest BCUT2D eigenvalue weighted by Gasteiger charge is 2.22. The lowest BCUT2D eigenvalue weighted by molar-refractivity contribution is -0.112. The number of hydrogen-bond acceptors (Lipinski definition) is 6. The highest BCUT2D eigenvalue weighted by molar-refractivity contribution is 6.10. The maximum atomic E-state index is 13.7. The minimum atomic E-state index is -0.852. The van der Waals surface area contributed by atoms with Gasteiger partial charge in [-0.1, -0.05) is 42.0 Å². The number of carbonyl (C=O) groups is 1. The Hall–Kier alpha value is -5.69. The standard InChI is InChI=1S/C32H28N6O4/c1-19-13-14-26(21(3)16-19)42-30-25(31(40)37-15-9-10-20(2)28(37)35-30)17-23(18-33)29(39)34-27-22(4)36(5)38(32(27)41)24-11-7-6-8-12-24/h6-17H,1-5H3,(H,34,39)/b23-17+. The van der Waals surface area contributed by atoms with E-state index in [1.54, 1.807) is 61.2 Å². The van der Waals surface area contributed by atoms with Crippen LogP contribution in [0.4, 0.5) is 5.69 Å². The molecule has 0 aliphatic heterocycles. The smallest absolute Gasteiger partial charge is 0.295 e. The van der Waals surface area contributed by atoms with Crippen molar-refractivity contribution in [1.82, 2.24) is 18.7 Å². The Bertz CT molecular complexity index is 2060. The Balaban J connectivity index is 1.61. The number of hydrogen-bond donors (Lipinski definition) is 1. The fourth-order valence-electron chi connectivity index (χ4n) is 4.70. The summed E-state index contributed by atoms with van der Waals surface area (Å²) in [6.45, 7) is 7.33. The molecule has 3 heterocycles. The Labute approximate surface area is 241 Å². The predicted molar refractivity (Wildman–Crippen MR) is 160 cm³/mol. The second kappa shape index (κ2) is 11.1. The number of para-hydroxylation sites is 1. The van der Waals surface area contributed by atoms with Crippen molar-refractivity contribution in [1.29, 1.82) is 5.26 Å². The number of rotatable bonds is 6. The molecule has 0 aliphatic rings. The highest BCUT2D eigenvalue weighted by Crippen LogP contribution is 2.28. The number of benzene rings is 2. The largest absolute Gasteiger partial charge is 0.438 e. The number of ether oxygens (including phenoxy) is 1. The maximum Gasteiger partial charge on any atom is 0.295 e. The van der Waals surface area contributed by atoms with Crippen molar-refractivity contribution in [2.75, 3.05) is 5.32 Å². The lowest BCUT2D eigenvalue weighted by atomic mass is 10.1. The summed E-state index contributed by atoms with van der Waals surface area (Å²) < 4.78 is 10.5. The second-order valence-electron chi connectivity index (χ2n) is 9.95. The molecule has 5 rings (SSSR count). The number of aromatic nitrogens is 4. The van der Waals surface area contributed by atoms with Crippen LogP contribution < -0.4 is 21.2 Å². The van der Waals surface area contributed by atoms with Crippen LogP contribution in [-0.2, 0) is 11.8 Å². The van der Waals surface area contributed by atoms with E-state index in [1.807, 2.05) is 51.1 Å². The van der Waals surface area contributed by atoms with Gasteiger partial charge in [-0.25, -0.2) is 4.68 Å². The predicted octanol–water partition coefficient (Wildman–Crippen LogP) is 4.76. The topological polar surface area (TPSA) is 123 Å². The van der Waals surface area contributed by atoms with Crippen molar-refractivity contribution in [3.63, 3.8) is 0 Å². The first-order valence-electron chi connectivity index (χ1n) is 13.1. The SMILES string of the molecule is Cc1ccc(Oc2nc3c(C)cccn3c(=O)c2/C=C(\C#N)C(=O)Nc2c(C)n(C)n(-c3ccccc3)c2=O)c(C)c1. The van der Waals surface area contributed by atoms with Crippen LogP contribution in [0.5, 0.6) is 11.6 Å². The van der Waals surface area contributed by atoms with Gasteiger partial charge in [-0.15, -0.1) is 0 Å². The Morgan fingerprint density at radius 1 is 0.976 bits per heavy atom. The van der Waals surface area contributed by atoms with E-state index in [0.29, 0.717) is 22.8 Å². The molecular weight excluding hydrogens is 532 g/mol. The maximum absolute atomic E-state index is 13.7. The summed E-state index contributed by atoms with van der Waals surface area (Å²) in [5.41, 5.74) is 2.62. The van der Waals surface area contributed by atoms with Gasteiger partial charge < -0.3 is 10.1 Å². The van der Waals surface area contributed by atoms with Gasteiger partial charge in [0.25, 0.3) is 17.0 Å². The lowest BCUT2D eigenvalue weighted by Crippen LogP contribution is -2.24. The number of nitriles is 1. The molecule has 10 heteroatoms. The zero-order valence-corrected chi connectivity index (χ0v) is 23.8. The normalized spacial score (nSPS) is 11.4. The minimum absolute atomic E-state index is 0.0169. The fraction of sp³-hybridized carbons (Fsp3) is 0.156. The van der Waals surface area contributed by atoms with Gasteiger partial charge >= 0.3 is 0 Å². The van der Waals surface area contributed by atoms with Crippen LogP contribution in [0.2, 0.25) is 0 Å². The number of nitrogens with one attached hydrogen (secondary N) is 1. The van der Waals surface area contributed by atoms with Crippen LogP contribution in [0, 0.1) is 39.0 Å². The van der Waals surface area contributed by atoms with E-state index < -0.39 is 22.6 Å². The zero-order valence-electron chi connectivity index (χ0n) is 23.8. The Morgan fingerprint density at radius 2 is 1.71 bits per heavy atom. The molecule has 5 aromatic rings. The van der Waals surface area contributed by atoms with Crippen LogP contribution in [0.15, 0.2) is 82.0 Å². The van der Waals surface area contributed by atoms with E-state index in [-0.39, 0.29) is 17.1 Å². The average Bonchev–Trinajstić information content (AvgIpc) is 3.18. The molecule has 0 spiro atoms. The quantitative estimate of drug-likeness (QED) is 0.236. The summed E-state index contributed by atoms with van der Waals surface area (Å²) in [5.74, 6) is -0.428. The van der Waals surface area contributed by atoms with Gasteiger partial charge in [-0.3, -0.25) is 23.5 Å². The molecule has 0 bridgehead atoms. The van der Waals surface area contributed by atoms with Crippen LogP contribution in [0.1, 0.15) is 27.9 Å². The second-order valence-corrected chi connectivity index (χ2v) is 9.95. The molecule has 3 aromatic heterocycles. The molecule has 0 radical (unpaired) electrons. The number of amides is 1. The van der Waals surface area contributed by atoms with Crippen molar-refractivity contribution in [2.45, 2.75) is 27.7 Å². The summed E-state index contributed by atoms with van der Waals surface area (Å²) >= 11 is 0. The van der Waals surface area contributed by atoms with E-state index in [4.69, 9.17) is 4.74 Å². The monoisotopic (exact) mass is 560 g/mol. The number of fused-ring (bicyclic) bond motifs is 1. The van der Waals surface area contributed by atoms with E-state index in [2.05, 4.69) is 10.3 Å². The highest BCUT2D eigenvalue weighted by atomic mass is 16.5. The van der Waals surface area contributed by atoms with Crippen LogP contribution in [0.3, 0.4) is 0 Å². The third-order valence-electron chi connectivity index (χ3n) is 7.03. The molecule has 0 saturated carbocycles. The first-order valence-corrected chi connectivity index (χ1v) is 13.1. The van der Waals surface area contributed by atoms with Crippen molar-refractivity contribution < 1.29 is 9.53 Å². The van der Waals surface area contributed by atoms with E-state index >= 15 is 0 Å². The average molecular weight is 561 g/mol. The molecule has 210 valence electrons. The summed E-state index contributed by atoms with van der Waals surface area (Å²) in [6.07, 6.45) is 2.70. The molecule has 2 aromatic carbocycles. The van der Waals surface area contributed by atoms with Gasteiger partial charge in [0.2, 0.25) is 5.88 Å². The van der Waals surface area contributed by atoms with Crippen molar-refractivity contribution >= 4 is 23.3 Å². The van der Waals surface area contributed by atoms with Gasteiger partial charge in [0.15, 0.2) is 0 Å². The van der Waals surface area contributed by atoms with Crippen molar-refractivity contribution in [3.05, 3.63) is 121 Å².